The molecule has 1 aromatic carbocycles. The number of hydrogen-bond donors (Lipinski definition) is 1. The van der Waals surface area contributed by atoms with E-state index in [1.54, 1.807) is 11.3 Å². The minimum Gasteiger partial charge on any atom is -0.487 e. The van der Waals surface area contributed by atoms with Crippen molar-refractivity contribution < 1.29 is 4.74 Å². The Kier molecular flexibility index (Phi) is 4.93. The molecule has 0 unspecified atom stereocenters. The Labute approximate surface area is 118 Å². The van der Waals surface area contributed by atoms with E-state index in [9.17, 15) is 0 Å². The van der Waals surface area contributed by atoms with Gasteiger partial charge in [0.05, 0.1) is 5.69 Å². The number of nitrogens with one attached hydrogen (secondary N) is 1. The molecule has 0 saturated carbocycles. The Balaban J connectivity index is 1.84. The lowest BCUT2D eigenvalue weighted by Crippen LogP contribution is -2.21. The Morgan fingerprint density at radius 1 is 1.26 bits per heavy atom. The third kappa shape index (κ3) is 4.65. The first kappa shape index (κ1) is 14.0. The minimum atomic E-state index is 0.483. The van der Waals surface area contributed by atoms with Gasteiger partial charge in [0.15, 0.2) is 0 Å². The van der Waals surface area contributed by atoms with Crippen LogP contribution in [0.3, 0.4) is 0 Å². The van der Waals surface area contributed by atoms with Gasteiger partial charge in [-0.15, -0.1) is 11.3 Å². The Morgan fingerprint density at radius 3 is 2.68 bits per heavy atom. The molecule has 2 rings (SSSR count). The number of rotatable bonds is 6. The Hall–Kier alpha value is -1.39. The Bertz CT molecular complexity index is 505. The van der Waals surface area contributed by atoms with Gasteiger partial charge >= 0.3 is 0 Å². The van der Waals surface area contributed by atoms with Gasteiger partial charge in [-0.2, -0.15) is 0 Å². The highest BCUT2D eigenvalue weighted by atomic mass is 32.1. The number of hydrogen-bond acceptors (Lipinski definition) is 4. The number of ether oxygens (including phenoxy) is 1. The van der Waals surface area contributed by atoms with Crippen molar-refractivity contribution in [1.29, 1.82) is 0 Å². The van der Waals surface area contributed by atoms with E-state index in [-0.39, 0.29) is 0 Å². The molecule has 1 N–H and O–H groups in total. The number of nitrogens with zero attached hydrogens (tertiary/aromatic N) is 1. The maximum atomic E-state index is 5.71. The summed E-state index contributed by atoms with van der Waals surface area (Å²) in [5.41, 5.74) is 2.23. The molecule has 0 aliphatic heterocycles. The second-order valence-electron chi connectivity index (χ2n) is 4.87. The number of benzene rings is 1. The predicted octanol–water partition coefficient (Wildman–Crippen LogP) is 3.53. The van der Waals surface area contributed by atoms with Gasteiger partial charge in [0.1, 0.15) is 17.4 Å². The summed E-state index contributed by atoms with van der Waals surface area (Å²) in [7, 11) is 0. The first-order chi connectivity index (χ1) is 9.13. The second kappa shape index (κ2) is 6.68. The van der Waals surface area contributed by atoms with Gasteiger partial charge in [-0.1, -0.05) is 31.5 Å². The lowest BCUT2D eigenvalue weighted by molar-refractivity contribution is 0.302. The largest absolute Gasteiger partial charge is 0.487 e. The summed E-state index contributed by atoms with van der Waals surface area (Å²) in [6, 6.07) is 8.56. The molecule has 0 aliphatic carbocycles. The molecule has 0 atom stereocenters. The van der Waals surface area contributed by atoms with E-state index in [1.807, 2.05) is 24.3 Å². The zero-order valence-electron chi connectivity index (χ0n) is 11.6. The van der Waals surface area contributed by atoms with Crippen LogP contribution >= 0.6 is 11.3 Å². The fourth-order valence-corrected chi connectivity index (χ4v) is 2.31. The van der Waals surface area contributed by atoms with E-state index in [0.29, 0.717) is 12.6 Å². The average Bonchev–Trinajstić information content (AvgIpc) is 2.84. The van der Waals surface area contributed by atoms with Gasteiger partial charge in [-0.3, -0.25) is 0 Å². The maximum Gasteiger partial charge on any atom is 0.131 e. The van der Waals surface area contributed by atoms with Crippen molar-refractivity contribution >= 4 is 11.3 Å². The van der Waals surface area contributed by atoms with Crippen LogP contribution in [0.5, 0.6) is 5.75 Å². The molecule has 0 bridgehead atoms. The van der Waals surface area contributed by atoms with E-state index in [2.05, 4.69) is 36.5 Å². The summed E-state index contributed by atoms with van der Waals surface area (Å²) in [6.45, 7) is 7.69. The highest BCUT2D eigenvalue weighted by Crippen LogP contribution is 2.15. The van der Waals surface area contributed by atoms with Crippen molar-refractivity contribution in [3.63, 3.8) is 0 Å². The summed E-state index contributed by atoms with van der Waals surface area (Å²) in [5.74, 6) is 0.889. The molecule has 2 aromatic rings. The van der Waals surface area contributed by atoms with Crippen molar-refractivity contribution in [1.82, 2.24) is 10.3 Å². The Morgan fingerprint density at radius 2 is 2.00 bits per heavy atom. The standard InChI is InChI=1S/C15H20N2OS/c1-11(2)16-8-15-17-13(10-19-15)9-18-14-6-4-12(3)5-7-14/h4-7,10-11,16H,8-9H2,1-3H3. The quantitative estimate of drug-likeness (QED) is 0.876. The van der Waals surface area contributed by atoms with Crippen molar-refractivity contribution in [2.45, 2.75) is 40.0 Å². The van der Waals surface area contributed by atoms with E-state index in [0.717, 1.165) is 23.0 Å². The number of aromatic nitrogens is 1. The van der Waals surface area contributed by atoms with Crippen molar-refractivity contribution in [2.24, 2.45) is 0 Å². The third-order valence-electron chi connectivity index (χ3n) is 2.67. The van der Waals surface area contributed by atoms with E-state index in [4.69, 9.17) is 4.74 Å². The van der Waals surface area contributed by atoms with Gasteiger partial charge in [0, 0.05) is 18.0 Å². The minimum absolute atomic E-state index is 0.483. The van der Waals surface area contributed by atoms with Crippen LogP contribution in [-0.2, 0) is 13.2 Å². The summed E-state index contributed by atoms with van der Waals surface area (Å²) < 4.78 is 5.71. The molecule has 3 nitrogen and oxygen atoms in total. The molecule has 1 heterocycles. The van der Waals surface area contributed by atoms with Gasteiger partial charge in [0.2, 0.25) is 0 Å². The van der Waals surface area contributed by atoms with Crippen LogP contribution in [0.1, 0.15) is 30.1 Å². The molecule has 0 radical (unpaired) electrons. The van der Waals surface area contributed by atoms with E-state index < -0.39 is 0 Å². The maximum absolute atomic E-state index is 5.71. The molecule has 4 heteroatoms. The molecule has 0 amide bonds. The molecule has 0 aliphatic rings. The van der Waals surface area contributed by atoms with E-state index in [1.165, 1.54) is 5.56 Å². The molecular formula is C15H20N2OS. The highest BCUT2D eigenvalue weighted by Gasteiger charge is 2.03. The van der Waals surface area contributed by atoms with Gasteiger partial charge in [-0.25, -0.2) is 4.98 Å². The summed E-state index contributed by atoms with van der Waals surface area (Å²) >= 11 is 1.68. The fourth-order valence-electron chi connectivity index (χ4n) is 1.58. The summed E-state index contributed by atoms with van der Waals surface area (Å²) in [4.78, 5) is 4.55. The molecule has 1 aromatic heterocycles. The molecule has 19 heavy (non-hydrogen) atoms. The second-order valence-corrected chi connectivity index (χ2v) is 5.81. The van der Waals surface area contributed by atoms with Crippen LogP contribution in [0.25, 0.3) is 0 Å². The van der Waals surface area contributed by atoms with Crippen LogP contribution < -0.4 is 10.1 Å². The topological polar surface area (TPSA) is 34.1 Å². The van der Waals surface area contributed by atoms with Crippen LogP contribution in [0.4, 0.5) is 0 Å². The first-order valence-electron chi connectivity index (χ1n) is 6.49. The average molecular weight is 276 g/mol. The molecule has 102 valence electrons. The SMILES string of the molecule is Cc1ccc(OCc2csc(CNC(C)C)n2)cc1. The zero-order chi connectivity index (χ0) is 13.7. The van der Waals surface area contributed by atoms with Crippen LogP contribution in [0, 0.1) is 6.92 Å². The van der Waals surface area contributed by atoms with Gasteiger partial charge < -0.3 is 10.1 Å². The normalized spacial score (nSPS) is 10.9. The number of aryl methyl sites for hydroxylation is 1. The highest BCUT2D eigenvalue weighted by molar-refractivity contribution is 7.09. The van der Waals surface area contributed by atoms with Gasteiger partial charge in [0.25, 0.3) is 0 Å². The smallest absolute Gasteiger partial charge is 0.131 e. The lowest BCUT2D eigenvalue weighted by Gasteiger charge is -2.05. The molecule has 0 spiro atoms. The van der Waals surface area contributed by atoms with Crippen LogP contribution in [0.2, 0.25) is 0 Å². The summed E-state index contributed by atoms with van der Waals surface area (Å²) in [5, 5.41) is 6.53. The summed E-state index contributed by atoms with van der Waals surface area (Å²) in [6.07, 6.45) is 0. The van der Waals surface area contributed by atoms with Crippen LogP contribution in [-0.4, -0.2) is 11.0 Å². The zero-order valence-corrected chi connectivity index (χ0v) is 12.5. The molecule has 0 fully saturated rings. The predicted molar refractivity (Wildman–Crippen MR) is 79.6 cm³/mol. The van der Waals surface area contributed by atoms with E-state index >= 15 is 0 Å². The first-order valence-corrected chi connectivity index (χ1v) is 7.37. The lowest BCUT2D eigenvalue weighted by atomic mass is 10.2. The van der Waals surface area contributed by atoms with Gasteiger partial charge in [-0.05, 0) is 19.1 Å². The monoisotopic (exact) mass is 276 g/mol. The number of thiazole rings is 1. The molecular weight excluding hydrogens is 256 g/mol. The fraction of sp³-hybridized carbons (Fsp3) is 0.400. The third-order valence-corrected chi connectivity index (χ3v) is 3.57. The van der Waals surface area contributed by atoms with Crippen molar-refractivity contribution in [3.05, 3.63) is 45.9 Å². The molecule has 0 saturated heterocycles. The van der Waals surface area contributed by atoms with Crippen molar-refractivity contribution in [3.8, 4) is 5.75 Å². The van der Waals surface area contributed by atoms with Crippen molar-refractivity contribution in [2.75, 3.05) is 0 Å². The van der Waals surface area contributed by atoms with Crippen LogP contribution in [0.15, 0.2) is 29.6 Å².